The molecule has 3 rings (SSSR count). The highest BCUT2D eigenvalue weighted by molar-refractivity contribution is 6.42. The average Bonchev–Trinajstić information content (AvgIpc) is 2.74. The highest BCUT2D eigenvalue weighted by Gasteiger charge is 2.54. The van der Waals surface area contributed by atoms with Crippen molar-refractivity contribution in [3.63, 3.8) is 0 Å². The molecule has 0 bridgehead atoms. The number of carbonyl (C=O) groups is 3. The molecule has 182 valence electrons. The van der Waals surface area contributed by atoms with Crippen molar-refractivity contribution in [2.45, 2.75) is 44.6 Å². The topological polar surface area (TPSA) is 98.2 Å². The lowest BCUT2D eigenvalue weighted by Crippen LogP contribution is -2.68. The summed E-state index contributed by atoms with van der Waals surface area (Å²) in [5.41, 5.74) is 0.528. The lowest BCUT2D eigenvalue weighted by molar-refractivity contribution is -0.134. The van der Waals surface area contributed by atoms with Crippen LogP contribution in [0, 0.1) is 11.8 Å². The Balaban J connectivity index is 0.000000414. The standard InChI is InChI=1S/C20H28Cl2N2O.C4H4O4/c1-14(25)20(13-23(2)3)17-7-5-4-6-15(17)10-11-24(20)16-8-9-18(21)19(22)12-16;5-3(6)1-2-4(7)8/h8-9,12,15,17H,4-7,10-11,13H2,1-3H3;1-2H,(H,5,6)(H,7,8). The third kappa shape index (κ3) is 6.71. The Labute approximate surface area is 205 Å². The van der Waals surface area contributed by atoms with Crippen molar-refractivity contribution >= 4 is 46.6 Å². The summed E-state index contributed by atoms with van der Waals surface area (Å²) in [5.74, 6) is -1.19. The van der Waals surface area contributed by atoms with E-state index in [0.29, 0.717) is 34.0 Å². The predicted octanol–water partition coefficient (Wildman–Crippen LogP) is 4.61. The fourth-order valence-corrected chi connectivity index (χ4v) is 5.57. The van der Waals surface area contributed by atoms with Gasteiger partial charge in [-0.05, 0) is 63.9 Å². The van der Waals surface area contributed by atoms with Crippen LogP contribution in [0.5, 0.6) is 0 Å². The zero-order chi connectivity index (χ0) is 24.8. The van der Waals surface area contributed by atoms with E-state index in [0.717, 1.165) is 31.6 Å². The third-order valence-corrected chi connectivity index (χ3v) is 7.22. The van der Waals surface area contributed by atoms with E-state index >= 15 is 0 Å². The number of hydrogen-bond donors (Lipinski definition) is 2. The van der Waals surface area contributed by atoms with Gasteiger partial charge in [0.25, 0.3) is 0 Å². The molecule has 0 aromatic heterocycles. The minimum Gasteiger partial charge on any atom is -0.478 e. The Bertz CT molecular complexity index is 889. The molecule has 2 fully saturated rings. The van der Waals surface area contributed by atoms with Crippen molar-refractivity contribution in [1.82, 2.24) is 4.90 Å². The number of hydrogen-bond acceptors (Lipinski definition) is 5. The molecule has 3 atom stereocenters. The number of carboxylic acids is 2. The summed E-state index contributed by atoms with van der Waals surface area (Å²) in [4.78, 5) is 36.7. The van der Waals surface area contributed by atoms with Crippen molar-refractivity contribution in [3.05, 3.63) is 40.4 Å². The number of aliphatic carboxylic acids is 2. The second-order valence-electron chi connectivity index (χ2n) is 8.92. The molecule has 1 heterocycles. The molecule has 0 radical (unpaired) electrons. The summed E-state index contributed by atoms with van der Waals surface area (Å²) in [5, 5.41) is 16.7. The minimum absolute atomic E-state index is 0.267. The largest absolute Gasteiger partial charge is 0.478 e. The van der Waals surface area contributed by atoms with Crippen molar-refractivity contribution in [1.29, 1.82) is 0 Å². The van der Waals surface area contributed by atoms with E-state index in [-0.39, 0.29) is 5.78 Å². The molecule has 0 amide bonds. The zero-order valence-electron chi connectivity index (χ0n) is 19.3. The first-order valence-electron chi connectivity index (χ1n) is 11.0. The van der Waals surface area contributed by atoms with E-state index in [2.05, 4.69) is 23.9 Å². The summed E-state index contributed by atoms with van der Waals surface area (Å²) in [6, 6.07) is 5.76. The second-order valence-corrected chi connectivity index (χ2v) is 9.73. The van der Waals surface area contributed by atoms with Gasteiger partial charge < -0.3 is 20.0 Å². The van der Waals surface area contributed by atoms with Crippen LogP contribution in [0.2, 0.25) is 10.0 Å². The maximum atomic E-state index is 13.1. The molecule has 7 nitrogen and oxygen atoms in total. The lowest BCUT2D eigenvalue weighted by Gasteiger charge is -2.57. The molecule has 3 unspecified atom stereocenters. The summed E-state index contributed by atoms with van der Waals surface area (Å²) in [6.45, 7) is 3.40. The van der Waals surface area contributed by atoms with Gasteiger partial charge >= 0.3 is 11.9 Å². The van der Waals surface area contributed by atoms with E-state index in [1.54, 1.807) is 6.92 Å². The number of nitrogens with zero attached hydrogens (tertiary/aromatic N) is 2. The van der Waals surface area contributed by atoms with Crippen LogP contribution in [0.4, 0.5) is 5.69 Å². The maximum Gasteiger partial charge on any atom is 0.328 e. The van der Waals surface area contributed by atoms with Crippen LogP contribution in [0.15, 0.2) is 30.4 Å². The fourth-order valence-electron chi connectivity index (χ4n) is 5.28. The normalized spacial score (nSPS) is 24.7. The Morgan fingerprint density at radius 1 is 1.06 bits per heavy atom. The van der Waals surface area contributed by atoms with E-state index in [1.807, 2.05) is 18.2 Å². The maximum absolute atomic E-state index is 13.1. The monoisotopic (exact) mass is 498 g/mol. The number of fused-ring (bicyclic) bond motifs is 1. The first-order chi connectivity index (χ1) is 15.5. The van der Waals surface area contributed by atoms with E-state index in [1.165, 1.54) is 19.3 Å². The number of ketones is 1. The van der Waals surface area contributed by atoms with Gasteiger partial charge in [-0.3, -0.25) is 4.79 Å². The molecule has 33 heavy (non-hydrogen) atoms. The van der Waals surface area contributed by atoms with E-state index in [4.69, 9.17) is 33.4 Å². The van der Waals surface area contributed by atoms with Crippen LogP contribution in [0.25, 0.3) is 0 Å². The number of benzene rings is 1. The average molecular weight is 499 g/mol. The summed E-state index contributed by atoms with van der Waals surface area (Å²) in [7, 11) is 4.12. The number of rotatable bonds is 6. The van der Waals surface area contributed by atoms with Crippen molar-refractivity contribution in [2.24, 2.45) is 11.8 Å². The zero-order valence-corrected chi connectivity index (χ0v) is 20.8. The van der Waals surface area contributed by atoms with Gasteiger partial charge in [0.1, 0.15) is 5.54 Å². The third-order valence-electron chi connectivity index (χ3n) is 6.48. The molecule has 2 N–H and O–H groups in total. The van der Waals surface area contributed by atoms with Crippen LogP contribution in [-0.4, -0.2) is 65.6 Å². The Hall–Kier alpha value is -2.09. The Morgan fingerprint density at radius 2 is 1.67 bits per heavy atom. The Morgan fingerprint density at radius 3 is 2.18 bits per heavy atom. The molecule has 0 spiro atoms. The highest BCUT2D eigenvalue weighted by Crippen LogP contribution is 2.48. The highest BCUT2D eigenvalue weighted by atomic mass is 35.5. The minimum atomic E-state index is -1.26. The molecule has 1 aliphatic carbocycles. The molecule has 1 aromatic rings. The SMILES string of the molecule is CC(=O)C1(CN(C)C)C2CCCCC2CCN1c1ccc(Cl)c(Cl)c1.O=C(O)C=CC(=O)O. The van der Waals surface area contributed by atoms with Crippen molar-refractivity contribution in [2.75, 3.05) is 32.1 Å². The predicted molar refractivity (Wildman–Crippen MR) is 130 cm³/mol. The summed E-state index contributed by atoms with van der Waals surface area (Å²) >= 11 is 12.4. The van der Waals surface area contributed by atoms with E-state index in [9.17, 15) is 14.4 Å². The van der Waals surface area contributed by atoms with Gasteiger partial charge in [0.05, 0.1) is 10.0 Å². The van der Waals surface area contributed by atoms with Gasteiger partial charge in [0, 0.05) is 30.9 Å². The summed E-state index contributed by atoms with van der Waals surface area (Å²) < 4.78 is 0. The molecule has 1 saturated carbocycles. The molecule has 1 saturated heterocycles. The lowest BCUT2D eigenvalue weighted by atomic mass is 9.62. The van der Waals surface area contributed by atoms with Crippen LogP contribution in [0.3, 0.4) is 0 Å². The number of Topliss-reactive ketones (excluding diaryl/α,β-unsaturated/α-hetero) is 1. The smallest absolute Gasteiger partial charge is 0.328 e. The van der Waals surface area contributed by atoms with Crippen molar-refractivity contribution < 1.29 is 24.6 Å². The molecule has 1 aromatic carbocycles. The fraction of sp³-hybridized carbons (Fsp3) is 0.542. The molecule has 9 heteroatoms. The van der Waals surface area contributed by atoms with Crippen LogP contribution < -0.4 is 4.90 Å². The molecular formula is C24H32Cl2N2O5. The Kier molecular flexibility index (Phi) is 9.76. The number of anilines is 1. The van der Waals surface area contributed by atoms with Gasteiger partial charge in [-0.1, -0.05) is 42.5 Å². The number of halogens is 2. The molecule has 2 aliphatic rings. The second kappa shape index (κ2) is 11.9. The van der Waals surface area contributed by atoms with Gasteiger partial charge in [-0.2, -0.15) is 0 Å². The number of piperidine rings is 1. The number of carbonyl (C=O) groups excluding carboxylic acids is 1. The molecule has 1 aliphatic heterocycles. The first-order valence-corrected chi connectivity index (χ1v) is 11.8. The number of likely N-dealkylation sites (N-methyl/N-ethyl adjacent to an activating group) is 1. The summed E-state index contributed by atoms with van der Waals surface area (Å²) in [6.07, 6.45) is 7.17. The van der Waals surface area contributed by atoms with Gasteiger partial charge in [0.15, 0.2) is 5.78 Å². The van der Waals surface area contributed by atoms with Gasteiger partial charge in [-0.25, -0.2) is 9.59 Å². The van der Waals surface area contributed by atoms with Crippen LogP contribution in [-0.2, 0) is 14.4 Å². The quantitative estimate of drug-likeness (QED) is 0.552. The van der Waals surface area contributed by atoms with E-state index < -0.39 is 17.5 Å². The van der Waals surface area contributed by atoms with Crippen molar-refractivity contribution in [3.8, 4) is 0 Å². The van der Waals surface area contributed by atoms with Crippen LogP contribution >= 0.6 is 23.2 Å². The van der Waals surface area contributed by atoms with Gasteiger partial charge in [-0.15, -0.1) is 0 Å². The van der Waals surface area contributed by atoms with Gasteiger partial charge in [0.2, 0.25) is 0 Å². The number of carboxylic acid groups (broad SMARTS) is 2. The first kappa shape index (κ1) is 27.2. The van der Waals surface area contributed by atoms with Crippen LogP contribution in [0.1, 0.15) is 39.0 Å². The molecular weight excluding hydrogens is 467 g/mol.